The summed E-state index contributed by atoms with van der Waals surface area (Å²) in [5.41, 5.74) is 0.829. The second kappa shape index (κ2) is 5.91. The average Bonchev–Trinajstić information content (AvgIpc) is 2.99. The summed E-state index contributed by atoms with van der Waals surface area (Å²) in [6.07, 6.45) is 0. The van der Waals surface area contributed by atoms with Gasteiger partial charge in [0.15, 0.2) is 5.78 Å². The van der Waals surface area contributed by atoms with Crippen LogP contribution in [0.2, 0.25) is 5.02 Å². The first-order valence-corrected chi connectivity index (χ1v) is 8.50. The van der Waals surface area contributed by atoms with E-state index in [0.717, 1.165) is 11.3 Å². The molecule has 0 spiro atoms. The minimum atomic E-state index is -0.288. The van der Waals surface area contributed by atoms with E-state index in [1.165, 1.54) is 6.07 Å². The fraction of sp³-hybridized carbons (Fsp3) is 0.235. The van der Waals surface area contributed by atoms with Crippen LogP contribution in [0.3, 0.4) is 0 Å². The molecule has 1 aromatic heterocycles. The third-order valence-corrected chi connectivity index (χ3v) is 5.37. The lowest BCUT2D eigenvalue weighted by Gasteiger charge is -2.17. The Bertz CT molecular complexity index is 836. The van der Waals surface area contributed by atoms with Gasteiger partial charge in [0.25, 0.3) is 5.91 Å². The molecule has 0 saturated heterocycles. The zero-order valence-electron chi connectivity index (χ0n) is 12.7. The molecule has 4 nitrogen and oxygen atoms in total. The van der Waals surface area contributed by atoms with Crippen molar-refractivity contribution in [3.63, 3.8) is 0 Å². The van der Waals surface area contributed by atoms with E-state index in [1.807, 2.05) is 13.8 Å². The molecule has 1 amide bonds. The maximum absolute atomic E-state index is 12.7. The predicted octanol–water partition coefficient (Wildman–Crippen LogP) is 3.66. The summed E-state index contributed by atoms with van der Waals surface area (Å²) in [6.45, 7) is 4.93. The molecular weight excluding hydrogens is 334 g/mol. The van der Waals surface area contributed by atoms with Gasteiger partial charge in [0.1, 0.15) is 0 Å². The molecule has 6 heteroatoms. The summed E-state index contributed by atoms with van der Waals surface area (Å²) in [7, 11) is 0. The first-order chi connectivity index (χ1) is 11.0. The Balaban J connectivity index is 2.11. The molecule has 0 atom stereocenters. The number of rotatable bonds is 3. The molecule has 0 radical (unpaired) electrons. The summed E-state index contributed by atoms with van der Waals surface area (Å²) in [5.74, 6) is -0.708. The Morgan fingerprint density at radius 1 is 1.13 bits per heavy atom. The van der Waals surface area contributed by atoms with Gasteiger partial charge in [-0.3, -0.25) is 14.4 Å². The number of hydrogen-bond acceptors (Lipinski definition) is 4. The van der Waals surface area contributed by atoms with Crippen LogP contribution in [-0.2, 0) is 0 Å². The lowest BCUT2D eigenvalue weighted by Crippen LogP contribution is -2.29. The minimum Gasteiger partial charge on any atom is -0.339 e. The van der Waals surface area contributed by atoms with E-state index in [1.54, 1.807) is 23.1 Å². The van der Waals surface area contributed by atoms with Gasteiger partial charge in [0.05, 0.1) is 20.3 Å². The Hall–Kier alpha value is -1.98. The summed E-state index contributed by atoms with van der Waals surface area (Å²) < 4.78 is 0. The number of nitrogens with zero attached hydrogens (tertiary/aromatic N) is 1. The van der Waals surface area contributed by atoms with Gasteiger partial charge in [0, 0.05) is 24.2 Å². The smallest absolute Gasteiger partial charge is 0.263 e. The van der Waals surface area contributed by atoms with Gasteiger partial charge in [0.2, 0.25) is 5.78 Å². The molecule has 23 heavy (non-hydrogen) atoms. The van der Waals surface area contributed by atoms with Crippen molar-refractivity contribution in [1.82, 2.24) is 4.90 Å². The number of halogens is 1. The molecule has 3 rings (SSSR count). The van der Waals surface area contributed by atoms with Crippen molar-refractivity contribution in [1.29, 1.82) is 0 Å². The lowest BCUT2D eigenvalue weighted by molar-refractivity contribution is 0.0777. The number of amides is 1. The second-order valence-corrected chi connectivity index (χ2v) is 6.61. The minimum absolute atomic E-state index is 0.162. The number of fused-ring (bicyclic) bond motifs is 2. The highest BCUT2D eigenvalue weighted by Gasteiger charge is 2.34. The van der Waals surface area contributed by atoms with E-state index in [9.17, 15) is 14.4 Å². The van der Waals surface area contributed by atoms with Gasteiger partial charge < -0.3 is 4.90 Å². The van der Waals surface area contributed by atoms with E-state index in [-0.39, 0.29) is 28.1 Å². The molecule has 1 aromatic carbocycles. The fourth-order valence-corrected chi connectivity index (χ4v) is 4.03. The van der Waals surface area contributed by atoms with Crippen molar-refractivity contribution in [2.24, 2.45) is 0 Å². The van der Waals surface area contributed by atoms with Crippen molar-refractivity contribution in [3.8, 4) is 0 Å². The van der Waals surface area contributed by atoms with E-state index in [4.69, 9.17) is 11.6 Å². The summed E-state index contributed by atoms with van der Waals surface area (Å²) in [6, 6.07) is 6.36. The number of carbonyl (C=O) groups is 3. The molecule has 2 aromatic rings. The third-order valence-electron chi connectivity index (χ3n) is 3.93. The molecule has 0 N–H and O–H groups in total. The Kier molecular flexibility index (Phi) is 4.08. The van der Waals surface area contributed by atoms with Crippen LogP contribution in [0.1, 0.15) is 54.7 Å². The Labute approximate surface area is 142 Å². The van der Waals surface area contributed by atoms with E-state index < -0.39 is 0 Å². The first-order valence-electron chi connectivity index (χ1n) is 7.30. The average molecular weight is 348 g/mol. The van der Waals surface area contributed by atoms with Crippen LogP contribution in [0, 0.1) is 0 Å². The van der Waals surface area contributed by atoms with Gasteiger partial charge in [-0.2, -0.15) is 0 Å². The van der Waals surface area contributed by atoms with Crippen LogP contribution in [0.4, 0.5) is 0 Å². The molecule has 0 fully saturated rings. The van der Waals surface area contributed by atoms with E-state index in [2.05, 4.69) is 0 Å². The standard InChI is InChI=1S/C17H14ClNO3S/c1-3-19(4-2)17(22)12-8-10-14(20)9-6-5-7-11(18)13(9)15(21)16(10)23-12/h5-8H,3-4H2,1-2H3. The zero-order chi connectivity index (χ0) is 16.7. The molecule has 0 saturated carbocycles. The highest BCUT2D eigenvalue weighted by molar-refractivity contribution is 7.16. The molecular formula is C17H14ClNO3S. The molecule has 1 aliphatic carbocycles. The molecule has 118 valence electrons. The maximum Gasteiger partial charge on any atom is 0.263 e. The Morgan fingerprint density at radius 2 is 1.83 bits per heavy atom. The molecule has 1 heterocycles. The normalized spacial score (nSPS) is 12.8. The van der Waals surface area contributed by atoms with Gasteiger partial charge >= 0.3 is 0 Å². The largest absolute Gasteiger partial charge is 0.339 e. The summed E-state index contributed by atoms with van der Waals surface area (Å²) in [5, 5.41) is 0.261. The van der Waals surface area contributed by atoms with Crippen LogP contribution in [0.15, 0.2) is 24.3 Å². The predicted molar refractivity (Wildman–Crippen MR) is 89.9 cm³/mol. The molecule has 0 unspecified atom stereocenters. The van der Waals surface area contributed by atoms with Gasteiger partial charge in [-0.15, -0.1) is 11.3 Å². The number of ketones is 2. The van der Waals surface area contributed by atoms with Crippen molar-refractivity contribution in [2.45, 2.75) is 13.8 Å². The number of hydrogen-bond donors (Lipinski definition) is 0. The summed E-state index contributed by atoms with van der Waals surface area (Å²) in [4.78, 5) is 40.1. The monoisotopic (exact) mass is 347 g/mol. The molecule has 1 aliphatic rings. The van der Waals surface area contributed by atoms with Crippen LogP contribution in [0.5, 0.6) is 0 Å². The van der Waals surface area contributed by atoms with Crippen LogP contribution >= 0.6 is 22.9 Å². The van der Waals surface area contributed by atoms with Gasteiger partial charge in [-0.25, -0.2) is 0 Å². The highest BCUT2D eigenvalue weighted by Crippen LogP contribution is 2.36. The zero-order valence-corrected chi connectivity index (χ0v) is 14.3. The van der Waals surface area contributed by atoms with Crippen LogP contribution < -0.4 is 0 Å². The van der Waals surface area contributed by atoms with Crippen molar-refractivity contribution >= 4 is 40.4 Å². The van der Waals surface area contributed by atoms with E-state index in [0.29, 0.717) is 34.0 Å². The first kappa shape index (κ1) is 15.9. The number of thiophene rings is 1. The number of carbonyl (C=O) groups excluding carboxylic acids is 3. The SMILES string of the molecule is CCN(CC)C(=O)c1cc2c(s1)C(=O)c1c(Cl)cccc1C2=O. The van der Waals surface area contributed by atoms with Crippen molar-refractivity contribution < 1.29 is 14.4 Å². The van der Waals surface area contributed by atoms with Crippen molar-refractivity contribution in [3.05, 3.63) is 55.7 Å². The molecule has 0 aliphatic heterocycles. The second-order valence-electron chi connectivity index (χ2n) is 5.15. The maximum atomic E-state index is 12.7. The van der Waals surface area contributed by atoms with Gasteiger partial charge in [-0.1, -0.05) is 23.7 Å². The third kappa shape index (κ3) is 2.40. The van der Waals surface area contributed by atoms with Crippen LogP contribution in [-0.4, -0.2) is 35.5 Å². The lowest BCUT2D eigenvalue weighted by atomic mass is 9.89. The highest BCUT2D eigenvalue weighted by atomic mass is 35.5. The quantitative estimate of drug-likeness (QED) is 0.726. The van der Waals surface area contributed by atoms with Crippen molar-refractivity contribution in [2.75, 3.05) is 13.1 Å². The summed E-state index contributed by atoms with van der Waals surface area (Å²) >= 11 is 7.16. The molecule has 0 bridgehead atoms. The topological polar surface area (TPSA) is 54.5 Å². The Morgan fingerprint density at radius 3 is 2.48 bits per heavy atom. The van der Waals surface area contributed by atoms with Crippen LogP contribution in [0.25, 0.3) is 0 Å². The fourth-order valence-electron chi connectivity index (χ4n) is 2.70. The van der Waals surface area contributed by atoms with E-state index >= 15 is 0 Å². The number of benzene rings is 1. The van der Waals surface area contributed by atoms with Gasteiger partial charge in [-0.05, 0) is 26.0 Å².